The number of carbonyl (C=O) groups excluding carboxylic acids is 1. The van der Waals surface area contributed by atoms with Crippen molar-refractivity contribution in [3.05, 3.63) is 46.0 Å². The van der Waals surface area contributed by atoms with Crippen molar-refractivity contribution in [2.24, 2.45) is 17.3 Å². The van der Waals surface area contributed by atoms with E-state index in [4.69, 9.17) is 4.74 Å². The minimum absolute atomic E-state index is 0.0488. The first kappa shape index (κ1) is 20.4. The number of halogens is 4. The number of ether oxygens (including phenoxy) is 2. The highest BCUT2D eigenvalue weighted by molar-refractivity contribution is 5.78. The Labute approximate surface area is 150 Å². The monoisotopic (exact) mass is 374 g/mol. The Bertz CT molecular complexity index is 723. The molecule has 0 bridgehead atoms. The van der Waals surface area contributed by atoms with Crippen LogP contribution in [0, 0.1) is 40.5 Å². The lowest BCUT2D eigenvalue weighted by molar-refractivity contribution is -0.147. The molecule has 0 amide bonds. The molecule has 1 aromatic rings. The molecule has 3 nitrogen and oxygen atoms in total. The predicted molar refractivity (Wildman–Crippen MR) is 87.0 cm³/mol. The molecule has 0 aliphatic heterocycles. The van der Waals surface area contributed by atoms with Crippen LogP contribution in [0.15, 0.2) is 11.6 Å². The van der Waals surface area contributed by atoms with Crippen molar-refractivity contribution in [1.82, 2.24) is 0 Å². The molecule has 0 spiro atoms. The van der Waals surface area contributed by atoms with Crippen molar-refractivity contribution in [2.75, 3.05) is 7.11 Å². The lowest BCUT2D eigenvalue weighted by Gasteiger charge is -2.12. The zero-order chi connectivity index (χ0) is 19.8. The molecule has 0 radical (unpaired) electrons. The quantitative estimate of drug-likeness (QED) is 0.314. The highest BCUT2D eigenvalue weighted by Gasteiger charge is 2.61. The van der Waals surface area contributed by atoms with Gasteiger partial charge in [0, 0.05) is 7.11 Å². The first-order chi connectivity index (χ1) is 12.0. The fraction of sp³-hybridized carbons (Fsp3) is 0.526. The summed E-state index contributed by atoms with van der Waals surface area (Å²) in [6.07, 6.45) is 1.94. The van der Waals surface area contributed by atoms with E-state index in [0.717, 1.165) is 12.7 Å². The third kappa shape index (κ3) is 3.63. The molecule has 144 valence electrons. The van der Waals surface area contributed by atoms with Gasteiger partial charge in [-0.2, -0.15) is 0 Å². The van der Waals surface area contributed by atoms with Gasteiger partial charge in [-0.3, -0.25) is 4.79 Å². The van der Waals surface area contributed by atoms with Crippen molar-refractivity contribution in [1.29, 1.82) is 0 Å². The van der Waals surface area contributed by atoms with Crippen LogP contribution in [0.2, 0.25) is 0 Å². The van der Waals surface area contributed by atoms with Crippen LogP contribution in [-0.4, -0.2) is 13.1 Å². The summed E-state index contributed by atoms with van der Waals surface area (Å²) in [4.78, 5) is 12.2. The minimum Gasteiger partial charge on any atom is -0.460 e. The Morgan fingerprint density at radius 1 is 1.00 bits per heavy atom. The molecule has 26 heavy (non-hydrogen) atoms. The molecule has 0 aromatic heterocycles. The van der Waals surface area contributed by atoms with Gasteiger partial charge in [0.15, 0.2) is 23.3 Å². The fourth-order valence-corrected chi connectivity index (χ4v) is 3.15. The lowest BCUT2D eigenvalue weighted by Crippen LogP contribution is -2.15. The van der Waals surface area contributed by atoms with Crippen molar-refractivity contribution >= 4 is 5.97 Å². The number of rotatable bonds is 6. The fourth-order valence-electron chi connectivity index (χ4n) is 3.15. The zero-order valence-corrected chi connectivity index (χ0v) is 15.4. The van der Waals surface area contributed by atoms with E-state index in [2.05, 4.69) is 4.74 Å². The van der Waals surface area contributed by atoms with Crippen molar-refractivity contribution in [3.8, 4) is 0 Å². The van der Waals surface area contributed by atoms with E-state index in [1.54, 1.807) is 0 Å². The van der Waals surface area contributed by atoms with E-state index in [-0.39, 0.29) is 11.3 Å². The molecule has 0 unspecified atom stereocenters. The smallest absolute Gasteiger partial charge is 0.310 e. The Hall–Kier alpha value is -1.89. The topological polar surface area (TPSA) is 35.5 Å². The summed E-state index contributed by atoms with van der Waals surface area (Å²) in [7, 11) is 1.14. The summed E-state index contributed by atoms with van der Waals surface area (Å²) in [5, 5.41) is 0. The molecule has 1 aliphatic rings. The van der Waals surface area contributed by atoms with E-state index in [1.807, 2.05) is 33.8 Å². The summed E-state index contributed by atoms with van der Waals surface area (Å²) in [5.74, 6) is -7.44. The molecule has 1 saturated carbocycles. The Morgan fingerprint density at radius 3 is 1.88 bits per heavy atom. The van der Waals surface area contributed by atoms with Gasteiger partial charge < -0.3 is 9.47 Å². The molecular formula is C19H22F4O3. The Balaban J connectivity index is 2.18. The van der Waals surface area contributed by atoms with Gasteiger partial charge in [-0.1, -0.05) is 25.5 Å². The van der Waals surface area contributed by atoms with Crippen LogP contribution in [0.1, 0.15) is 38.8 Å². The highest BCUT2D eigenvalue weighted by atomic mass is 19.2. The van der Waals surface area contributed by atoms with E-state index in [1.165, 1.54) is 0 Å². The van der Waals surface area contributed by atoms with Crippen LogP contribution in [0.4, 0.5) is 17.6 Å². The largest absolute Gasteiger partial charge is 0.460 e. The average Bonchev–Trinajstić information content (AvgIpc) is 3.09. The van der Waals surface area contributed by atoms with Crippen molar-refractivity contribution in [2.45, 2.75) is 40.9 Å². The SMILES string of the molecule is COCc1c(F)c(F)c(COC(=O)[C@H]2[C@H](C=C(C)C)C2(C)C)c(F)c1F. The number of benzene rings is 1. The number of hydrogen-bond donors (Lipinski definition) is 0. The molecule has 0 saturated heterocycles. The van der Waals surface area contributed by atoms with Gasteiger partial charge in [-0.15, -0.1) is 0 Å². The second kappa shape index (κ2) is 7.39. The molecule has 7 heteroatoms. The normalized spacial score (nSPS) is 20.7. The maximum atomic E-state index is 14.1. The van der Waals surface area contributed by atoms with Gasteiger partial charge in [0.25, 0.3) is 0 Å². The molecule has 0 heterocycles. The maximum absolute atomic E-state index is 14.1. The van der Waals surface area contributed by atoms with Gasteiger partial charge in [0.2, 0.25) is 0 Å². The second-order valence-corrected chi connectivity index (χ2v) is 7.32. The third-order valence-corrected chi connectivity index (χ3v) is 4.77. The summed E-state index contributed by atoms with van der Waals surface area (Å²) in [6.45, 7) is 6.05. The molecule has 1 aromatic carbocycles. The second-order valence-electron chi connectivity index (χ2n) is 7.32. The average molecular weight is 374 g/mol. The highest BCUT2D eigenvalue weighted by Crippen LogP contribution is 2.59. The molecule has 1 fully saturated rings. The van der Waals surface area contributed by atoms with Crippen molar-refractivity contribution in [3.63, 3.8) is 0 Å². The van der Waals surface area contributed by atoms with E-state index >= 15 is 0 Å². The number of allylic oxidation sites excluding steroid dienone is 2. The molecule has 2 rings (SSSR count). The van der Waals surface area contributed by atoms with Gasteiger partial charge >= 0.3 is 5.97 Å². The maximum Gasteiger partial charge on any atom is 0.310 e. The molecular weight excluding hydrogens is 352 g/mol. The van der Waals surface area contributed by atoms with E-state index in [0.29, 0.717) is 0 Å². The predicted octanol–water partition coefficient (Wildman–Crippen LogP) is 4.67. The minimum atomic E-state index is -1.58. The number of hydrogen-bond acceptors (Lipinski definition) is 3. The molecule has 1 aliphatic carbocycles. The first-order valence-electron chi connectivity index (χ1n) is 8.18. The Kier molecular flexibility index (Phi) is 5.80. The van der Waals surface area contributed by atoms with Gasteiger partial charge in [0.05, 0.1) is 23.7 Å². The van der Waals surface area contributed by atoms with Gasteiger partial charge in [-0.05, 0) is 25.2 Å². The zero-order valence-electron chi connectivity index (χ0n) is 15.4. The van der Waals surface area contributed by atoms with Crippen LogP contribution in [-0.2, 0) is 27.5 Å². The van der Waals surface area contributed by atoms with Gasteiger partial charge in [0.1, 0.15) is 6.61 Å². The van der Waals surface area contributed by atoms with Crippen LogP contribution in [0.5, 0.6) is 0 Å². The Morgan fingerprint density at radius 2 is 1.46 bits per heavy atom. The molecule has 2 atom stereocenters. The van der Waals surface area contributed by atoms with Gasteiger partial charge in [-0.25, -0.2) is 17.6 Å². The lowest BCUT2D eigenvalue weighted by atomic mass is 10.1. The summed E-state index contributed by atoms with van der Waals surface area (Å²) >= 11 is 0. The summed E-state index contributed by atoms with van der Waals surface area (Å²) < 4.78 is 65.4. The third-order valence-electron chi connectivity index (χ3n) is 4.77. The molecule has 0 N–H and O–H groups in total. The summed E-state index contributed by atoms with van der Waals surface area (Å²) in [5.41, 5.74) is -1.10. The van der Waals surface area contributed by atoms with Crippen LogP contribution in [0.25, 0.3) is 0 Å². The summed E-state index contributed by atoms with van der Waals surface area (Å²) in [6, 6.07) is 0. The van der Waals surface area contributed by atoms with Crippen LogP contribution < -0.4 is 0 Å². The standard InChI is InChI=1S/C19H22F4O3/c1-9(2)6-12-13(19(12,3)4)18(24)26-8-11-16(22)14(20)10(7-25-5)15(21)17(11)23/h6,12-13H,7-8H2,1-5H3/t12-,13+/m0/s1. The van der Waals surface area contributed by atoms with E-state index in [9.17, 15) is 22.4 Å². The number of carbonyl (C=O) groups is 1. The van der Waals surface area contributed by atoms with Crippen molar-refractivity contribution < 1.29 is 31.8 Å². The van der Waals surface area contributed by atoms with E-state index < -0.39 is 59.5 Å². The number of methoxy groups -OCH3 is 1. The van der Waals surface area contributed by atoms with Crippen LogP contribution >= 0.6 is 0 Å². The van der Waals surface area contributed by atoms with Crippen LogP contribution in [0.3, 0.4) is 0 Å². The number of esters is 1. The first-order valence-corrected chi connectivity index (χ1v) is 8.18.